The van der Waals surface area contributed by atoms with Crippen LogP contribution in [0.15, 0.2) is 36.4 Å². The minimum absolute atomic E-state index is 0.202. The molecular formula is C15H19NO. The SMILES string of the molecule is CNCc1ccc(OC(C)C)c2ccccc12. The lowest BCUT2D eigenvalue weighted by Crippen LogP contribution is -2.08. The van der Waals surface area contributed by atoms with E-state index < -0.39 is 0 Å². The van der Waals surface area contributed by atoms with E-state index in [9.17, 15) is 0 Å². The fourth-order valence-corrected chi connectivity index (χ4v) is 2.04. The molecule has 0 saturated heterocycles. The van der Waals surface area contributed by atoms with Gasteiger partial charge in [-0.3, -0.25) is 0 Å². The third-order valence-electron chi connectivity index (χ3n) is 2.70. The van der Waals surface area contributed by atoms with Crippen molar-refractivity contribution in [2.75, 3.05) is 7.05 Å². The van der Waals surface area contributed by atoms with Crippen molar-refractivity contribution in [1.29, 1.82) is 0 Å². The average molecular weight is 229 g/mol. The first-order valence-electron chi connectivity index (χ1n) is 6.04. The van der Waals surface area contributed by atoms with Crippen LogP contribution < -0.4 is 10.1 Å². The normalized spacial score (nSPS) is 11.1. The zero-order chi connectivity index (χ0) is 12.3. The van der Waals surface area contributed by atoms with Crippen LogP contribution in [0.5, 0.6) is 5.75 Å². The first-order valence-corrected chi connectivity index (χ1v) is 6.04. The molecule has 2 nitrogen and oxygen atoms in total. The highest BCUT2D eigenvalue weighted by molar-refractivity contribution is 5.91. The van der Waals surface area contributed by atoms with Crippen LogP contribution >= 0.6 is 0 Å². The van der Waals surface area contributed by atoms with Crippen LogP contribution in [-0.2, 0) is 6.54 Å². The molecule has 2 aromatic rings. The van der Waals surface area contributed by atoms with Crippen molar-refractivity contribution in [3.63, 3.8) is 0 Å². The maximum Gasteiger partial charge on any atom is 0.127 e. The maximum absolute atomic E-state index is 5.84. The molecule has 0 aliphatic heterocycles. The van der Waals surface area contributed by atoms with E-state index in [1.54, 1.807) is 0 Å². The lowest BCUT2D eigenvalue weighted by molar-refractivity contribution is 0.245. The predicted octanol–water partition coefficient (Wildman–Crippen LogP) is 3.35. The second-order valence-corrected chi connectivity index (χ2v) is 4.47. The molecule has 0 saturated carbocycles. The summed E-state index contributed by atoms with van der Waals surface area (Å²) in [4.78, 5) is 0. The van der Waals surface area contributed by atoms with E-state index in [4.69, 9.17) is 4.74 Å². The van der Waals surface area contributed by atoms with E-state index in [0.717, 1.165) is 12.3 Å². The summed E-state index contributed by atoms with van der Waals surface area (Å²) >= 11 is 0. The predicted molar refractivity (Wildman–Crippen MR) is 72.5 cm³/mol. The van der Waals surface area contributed by atoms with Crippen molar-refractivity contribution in [2.24, 2.45) is 0 Å². The van der Waals surface area contributed by atoms with Crippen LogP contribution in [-0.4, -0.2) is 13.2 Å². The molecule has 90 valence electrons. The molecular weight excluding hydrogens is 210 g/mol. The van der Waals surface area contributed by atoms with Crippen LogP contribution in [0.25, 0.3) is 10.8 Å². The minimum atomic E-state index is 0.202. The molecule has 2 rings (SSSR count). The Labute approximate surface area is 103 Å². The summed E-state index contributed by atoms with van der Waals surface area (Å²) in [5, 5.41) is 5.65. The Bertz CT molecular complexity index is 505. The van der Waals surface area contributed by atoms with Crippen molar-refractivity contribution in [3.8, 4) is 5.75 Å². The van der Waals surface area contributed by atoms with Gasteiger partial charge in [-0.25, -0.2) is 0 Å². The Kier molecular flexibility index (Phi) is 3.64. The molecule has 2 heteroatoms. The Morgan fingerprint density at radius 1 is 1.06 bits per heavy atom. The van der Waals surface area contributed by atoms with Crippen LogP contribution in [0.3, 0.4) is 0 Å². The topological polar surface area (TPSA) is 21.3 Å². The van der Waals surface area contributed by atoms with E-state index in [1.807, 2.05) is 7.05 Å². The quantitative estimate of drug-likeness (QED) is 0.868. The summed E-state index contributed by atoms with van der Waals surface area (Å²) < 4.78 is 5.84. The van der Waals surface area contributed by atoms with Gasteiger partial charge >= 0.3 is 0 Å². The van der Waals surface area contributed by atoms with Gasteiger partial charge in [-0.05, 0) is 37.9 Å². The van der Waals surface area contributed by atoms with Crippen LogP contribution in [0, 0.1) is 0 Å². The molecule has 1 N–H and O–H groups in total. The number of hydrogen-bond donors (Lipinski definition) is 1. The average Bonchev–Trinajstić information content (AvgIpc) is 2.32. The molecule has 0 heterocycles. The molecule has 0 bridgehead atoms. The molecule has 0 amide bonds. The van der Waals surface area contributed by atoms with Crippen molar-refractivity contribution < 1.29 is 4.74 Å². The first kappa shape index (κ1) is 11.9. The van der Waals surface area contributed by atoms with E-state index in [1.165, 1.54) is 16.3 Å². The lowest BCUT2D eigenvalue weighted by atomic mass is 10.0. The molecule has 0 radical (unpaired) electrons. The first-order chi connectivity index (χ1) is 8.22. The fraction of sp³-hybridized carbons (Fsp3) is 0.333. The molecule has 0 aliphatic carbocycles. The molecule has 0 unspecified atom stereocenters. The largest absolute Gasteiger partial charge is 0.490 e. The Balaban J connectivity index is 2.54. The van der Waals surface area contributed by atoms with E-state index in [0.29, 0.717) is 0 Å². The summed E-state index contributed by atoms with van der Waals surface area (Å²) in [7, 11) is 1.97. The third-order valence-corrected chi connectivity index (χ3v) is 2.70. The number of hydrogen-bond acceptors (Lipinski definition) is 2. The van der Waals surface area contributed by atoms with Gasteiger partial charge in [-0.2, -0.15) is 0 Å². The smallest absolute Gasteiger partial charge is 0.127 e. The molecule has 0 fully saturated rings. The van der Waals surface area contributed by atoms with E-state index in [-0.39, 0.29) is 6.10 Å². The summed E-state index contributed by atoms with van der Waals surface area (Å²) in [5.41, 5.74) is 1.30. The van der Waals surface area contributed by atoms with Crippen LogP contribution in [0.2, 0.25) is 0 Å². The van der Waals surface area contributed by atoms with Crippen molar-refractivity contribution in [2.45, 2.75) is 26.5 Å². The van der Waals surface area contributed by atoms with Gasteiger partial charge < -0.3 is 10.1 Å². The summed E-state index contributed by atoms with van der Waals surface area (Å²) in [6.45, 7) is 4.98. The van der Waals surface area contributed by atoms with Gasteiger partial charge in [0.2, 0.25) is 0 Å². The van der Waals surface area contributed by atoms with Gasteiger partial charge in [0.15, 0.2) is 0 Å². The fourth-order valence-electron chi connectivity index (χ4n) is 2.04. The lowest BCUT2D eigenvalue weighted by Gasteiger charge is -2.14. The molecule has 2 aromatic carbocycles. The number of nitrogens with one attached hydrogen (secondary N) is 1. The van der Waals surface area contributed by atoms with Gasteiger partial charge in [-0.15, -0.1) is 0 Å². The summed E-state index contributed by atoms with van der Waals surface area (Å²) in [6, 6.07) is 12.6. The standard InChI is InChI=1S/C15H19NO/c1-11(2)17-15-9-8-12(10-16-3)13-6-4-5-7-14(13)15/h4-9,11,16H,10H2,1-3H3. The number of ether oxygens (including phenoxy) is 1. The highest BCUT2D eigenvalue weighted by atomic mass is 16.5. The number of fused-ring (bicyclic) bond motifs is 1. The number of rotatable bonds is 4. The van der Waals surface area contributed by atoms with Gasteiger partial charge in [0, 0.05) is 11.9 Å². The summed E-state index contributed by atoms with van der Waals surface area (Å²) in [6.07, 6.45) is 0.202. The molecule has 0 spiro atoms. The highest BCUT2D eigenvalue weighted by Crippen LogP contribution is 2.29. The van der Waals surface area contributed by atoms with E-state index >= 15 is 0 Å². The van der Waals surface area contributed by atoms with Crippen molar-refractivity contribution in [1.82, 2.24) is 5.32 Å². The van der Waals surface area contributed by atoms with Gasteiger partial charge in [0.1, 0.15) is 5.75 Å². The Morgan fingerprint density at radius 2 is 1.76 bits per heavy atom. The van der Waals surface area contributed by atoms with Crippen molar-refractivity contribution >= 4 is 10.8 Å². The van der Waals surface area contributed by atoms with Crippen LogP contribution in [0.1, 0.15) is 19.4 Å². The molecule has 17 heavy (non-hydrogen) atoms. The maximum atomic E-state index is 5.84. The minimum Gasteiger partial charge on any atom is -0.490 e. The molecule has 0 aliphatic rings. The Morgan fingerprint density at radius 3 is 2.41 bits per heavy atom. The second-order valence-electron chi connectivity index (χ2n) is 4.47. The highest BCUT2D eigenvalue weighted by Gasteiger charge is 2.07. The molecule has 0 atom stereocenters. The van der Waals surface area contributed by atoms with E-state index in [2.05, 4.69) is 55.6 Å². The van der Waals surface area contributed by atoms with Gasteiger partial charge in [0.05, 0.1) is 6.10 Å². The summed E-state index contributed by atoms with van der Waals surface area (Å²) in [5.74, 6) is 0.968. The van der Waals surface area contributed by atoms with Gasteiger partial charge in [0.25, 0.3) is 0 Å². The van der Waals surface area contributed by atoms with Crippen LogP contribution in [0.4, 0.5) is 0 Å². The third kappa shape index (κ3) is 2.59. The molecule has 0 aromatic heterocycles. The number of benzene rings is 2. The zero-order valence-electron chi connectivity index (χ0n) is 10.7. The van der Waals surface area contributed by atoms with Gasteiger partial charge in [-0.1, -0.05) is 30.3 Å². The zero-order valence-corrected chi connectivity index (χ0v) is 10.7. The Hall–Kier alpha value is -1.54. The second kappa shape index (κ2) is 5.19. The monoisotopic (exact) mass is 229 g/mol. The van der Waals surface area contributed by atoms with Crippen molar-refractivity contribution in [3.05, 3.63) is 42.0 Å².